The van der Waals surface area contributed by atoms with Crippen LogP contribution in [0.1, 0.15) is 128 Å². The first-order valence-corrected chi connectivity index (χ1v) is 17.5. The van der Waals surface area contributed by atoms with Crippen LogP contribution in [0.15, 0.2) is 53.6 Å². The molecule has 0 aliphatic carbocycles. The Morgan fingerprint density at radius 1 is 0.881 bits per heavy atom. The number of nitrogens with zero attached hydrogens (tertiary/aromatic N) is 1. The Morgan fingerprint density at radius 2 is 1.50 bits per heavy atom. The van der Waals surface area contributed by atoms with Crippen molar-refractivity contribution in [3.05, 3.63) is 70.3 Å². The molecule has 1 aliphatic heterocycles. The Morgan fingerprint density at radius 3 is 2.07 bits per heavy atom. The molecule has 0 saturated heterocycles. The molecular formula is C37H56N2O2S. The van der Waals surface area contributed by atoms with Crippen LogP contribution < -0.4 is 10.1 Å². The van der Waals surface area contributed by atoms with Gasteiger partial charge >= 0.3 is 0 Å². The third kappa shape index (κ3) is 12.1. The quantitative estimate of drug-likeness (QED) is 0.165. The van der Waals surface area contributed by atoms with Crippen molar-refractivity contribution in [3.8, 4) is 5.75 Å². The van der Waals surface area contributed by atoms with E-state index in [0.717, 1.165) is 35.8 Å². The molecule has 0 aromatic heterocycles. The Kier molecular flexibility index (Phi) is 14.9. The highest BCUT2D eigenvalue weighted by Crippen LogP contribution is 2.35. The lowest BCUT2D eigenvalue weighted by atomic mass is 9.84. The molecule has 0 unspecified atom stereocenters. The Bertz CT molecular complexity index is 1100. The van der Waals surface area contributed by atoms with E-state index in [2.05, 4.69) is 74.5 Å². The van der Waals surface area contributed by atoms with Gasteiger partial charge in [0.2, 0.25) is 5.91 Å². The number of rotatable bonds is 19. The van der Waals surface area contributed by atoms with Crippen LogP contribution in [0.5, 0.6) is 5.75 Å². The zero-order valence-corrected chi connectivity index (χ0v) is 27.9. The van der Waals surface area contributed by atoms with Crippen molar-refractivity contribution in [1.82, 2.24) is 4.90 Å². The number of carbonyl (C=O) groups is 1. The van der Waals surface area contributed by atoms with E-state index in [0.29, 0.717) is 13.0 Å². The average molecular weight is 593 g/mol. The summed E-state index contributed by atoms with van der Waals surface area (Å²) in [6, 6.07) is 14.5. The van der Waals surface area contributed by atoms with E-state index >= 15 is 0 Å². The first-order chi connectivity index (χ1) is 20.3. The molecule has 0 atom stereocenters. The number of hydrogen-bond donors (Lipinski definition) is 1. The van der Waals surface area contributed by atoms with Crippen molar-refractivity contribution in [2.24, 2.45) is 0 Å². The fraction of sp³-hybridized carbons (Fsp3) is 0.595. The molecule has 0 fully saturated rings. The summed E-state index contributed by atoms with van der Waals surface area (Å²) in [6.07, 6.45) is 16.2. The van der Waals surface area contributed by atoms with Crippen molar-refractivity contribution in [1.29, 1.82) is 0 Å². The SMILES string of the molecule is CCCCCCCCCCCCCCOc1c(CC(=O)Nc2ccc(CN3CSC=C3C)cc2)cccc1C(C)(C)C. The number of amides is 1. The van der Waals surface area contributed by atoms with Crippen molar-refractivity contribution < 1.29 is 9.53 Å². The number of carbonyl (C=O) groups excluding carboxylic acids is 1. The molecule has 1 aliphatic rings. The predicted molar refractivity (Wildman–Crippen MR) is 182 cm³/mol. The lowest BCUT2D eigenvalue weighted by molar-refractivity contribution is -0.115. The summed E-state index contributed by atoms with van der Waals surface area (Å²) in [7, 11) is 0. The minimum Gasteiger partial charge on any atom is -0.493 e. The number of hydrogen-bond acceptors (Lipinski definition) is 4. The molecule has 1 heterocycles. The topological polar surface area (TPSA) is 41.6 Å². The maximum atomic E-state index is 13.1. The number of allylic oxidation sites excluding steroid dienone is 1. The molecule has 0 bridgehead atoms. The van der Waals surface area contributed by atoms with Crippen LogP contribution in [0.25, 0.3) is 0 Å². The van der Waals surface area contributed by atoms with Gasteiger partial charge < -0.3 is 15.0 Å². The van der Waals surface area contributed by atoms with Crippen LogP contribution in [0.3, 0.4) is 0 Å². The summed E-state index contributed by atoms with van der Waals surface area (Å²) in [4.78, 5) is 15.5. The number of thioether (sulfide) groups is 1. The molecule has 0 saturated carbocycles. The molecule has 4 nitrogen and oxygen atoms in total. The van der Waals surface area contributed by atoms with Gasteiger partial charge in [-0.1, -0.05) is 129 Å². The molecular weight excluding hydrogens is 536 g/mol. The fourth-order valence-electron chi connectivity index (χ4n) is 5.49. The lowest BCUT2D eigenvalue weighted by Crippen LogP contribution is -2.19. The van der Waals surface area contributed by atoms with Crippen LogP contribution in [-0.4, -0.2) is 23.3 Å². The Hall–Kier alpha value is -2.40. The Labute approximate surface area is 261 Å². The molecule has 2 aromatic carbocycles. The van der Waals surface area contributed by atoms with E-state index in [4.69, 9.17) is 4.74 Å². The third-order valence-corrected chi connectivity index (χ3v) is 9.06. The van der Waals surface area contributed by atoms with E-state index in [9.17, 15) is 4.79 Å². The van der Waals surface area contributed by atoms with Crippen molar-refractivity contribution in [2.75, 3.05) is 17.8 Å². The van der Waals surface area contributed by atoms with Gasteiger partial charge in [-0.05, 0) is 47.4 Å². The van der Waals surface area contributed by atoms with Crippen LogP contribution in [0, 0.1) is 0 Å². The average Bonchev–Trinajstić information content (AvgIpc) is 3.36. The third-order valence-electron chi connectivity index (χ3n) is 8.09. The zero-order valence-electron chi connectivity index (χ0n) is 27.1. The molecule has 3 rings (SSSR count). The van der Waals surface area contributed by atoms with E-state index in [1.165, 1.54) is 87.5 Å². The molecule has 232 valence electrons. The smallest absolute Gasteiger partial charge is 0.228 e. The van der Waals surface area contributed by atoms with Crippen LogP contribution >= 0.6 is 11.8 Å². The maximum absolute atomic E-state index is 13.1. The number of anilines is 1. The predicted octanol–water partition coefficient (Wildman–Crippen LogP) is 10.6. The maximum Gasteiger partial charge on any atom is 0.228 e. The second kappa shape index (κ2) is 18.3. The number of unbranched alkanes of at least 4 members (excludes halogenated alkanes) is 11. The van der Waals surface area contributed by atoms with Gasteiger partial charge in [0, 0.05) is 23.5 Å². The summed E-state index contributed by atoms with van der Waals surface area (Å²) in [6.45, 7) is 12.7. The molecule has 5 heteroatoms. The highest BCUT2D eigenvalue weighted by Gasteiger charge is 2.22. The number of benzene rings is 2. The first kappa shape index (κ1) is 34.1. The monoisotopic (exact) mass is 592 g/mol. The second-order valence-electron chi connectivity index (χ2n) is 13.0. The van der Waals surface area contributed by atoms with Gasteiger partial charge in [-0.3, -0.25) is 4.79 Å². The molecule has 1 N–H and O–H groups in total. The van der Waals surface area contributed by atoms with E-state index < -0.39 is 0 Å². The minimum absolute atomic E-state index is 0.0151. The second-order valence-corrected chi connectivity index (χ2v) is 13.8. The summed E-state index contributed by atoms with van der Waals surface area (Å²) in [5, 5.41) is 5.31. The van der Waals surface area contributed by atoms with Gasteiger partial charge in [-0.2, -0.15) is 0 Å². The van der Waals surface area contributed by atoms with E-state index in [-0.39, 0.29) is 11.3 Å². The fourth-order valence-corrected chi connectivity index (χ4v) is 6.43. The van der Waals surface area contributed by atoms with Crippen molar-refractivity contribution in [3.63, 3.8) is 0 Å². The number of ether oxygens (including phenoxy) is 1. The molecule has 42 heavy (non-hydrogen) atoms. The van der Waals surface area contributed by atoms with Gasteiger partial charge in [0.1, 0.15) is 5.75 Å². The highest BCUT2D eigenvalue weighted by atomic mass is 32.2. The van der Waals surface area contributed by atoms with Gasteiger partial charge in [0.05, 0.1) is 18.9 Å². The van der Waals surface area contributed by atoms with Crippen molar-refractivity contribution >= 4 is 23.4 Å². The number of para-hydroxylation sites is 1. The van der Waals surface area contributed by atoms with Gasteiger partial charge in [0.25, 0.3) is 0 Å². The molecule has 0 spiro atoms. The van der Waals surface area contributed by atoms with Gasteiger partial charge in [0.15, 0.2) is 0 Å². The lowest BCUT2D eigenvalue weighted by Gasteiger charge is -2.25. The van der Waals surface area contributed by atoms with Crippen LogP contribution in [0.2, 0.25) is 0 Å². The molecule has 2 aromatic rings. The normalized spacial score (nSPS) is 13.4. The van der Waals surface area contributed by atoms with Gasteiger partial charge in [-0.15, -0.1) is 11.8 Å². The first-order valence-electron chi connectivity index (χ1n) is 16.4. The zero-order chi connectivity index (χ0) is 30.2. The molecule has 1 amide bonds. The van der Waals surface area contributed by atoms with Crippen molar-refractivity contribution in [2.45, 2.75) is 130 Å². The summed E-state index contributed by atoms with van der Waals surface area (Å²) in [5.74, 6) is 1.88. The summed E-state index contributed by atoms with van der Waals surface area (Å²) < 4.78 is 6.43. The van der Waals surface area contributed by atoms with Crippen LogP contribution in [0.4, 0.5) is 5.69 Å². The molecule has 0 radical (unpaired) electrons. The minimum atomic E-state index is -0.0599. The van der Waals surface area contributed by atoms with Gasteiger partial charge in [-0.25, -0.2) is 0 Å². The number of nitrogens with one attached hydrogen (secondary N) is 1. The summed E-state index contributed by atoms with van der Waals surface area (Å²) in [5.41, 5.74) is 5.46. The van der Waals surface area contributed by atoms with E-state index in [1.54, 1.807) is 0 Å². The van der Waals surface area contributed by atoms with E-state index in [1.807, 2.05) is 30.0 Å². The summed E-state index contributed by atoms with van der Waals surface area (Å²) >= 11 is 1.84. The standard InChI is InChI=1S/C37H56N2O2S/c1-6-7-8-9-10-11-12-13-14-15-16-17-25-41-36-32(19-18-20-34(36)37(3,4)5)26-35(40)38-33-23-21-31(22-24-33)27-39-29-42-28-30(39)2/h18-24,28H,6-17,25-27,29H2,1-5H3,(H,38,40). The van der Waals surface area contributed by atoms with Crippen LogP contribution in [-0.2, 0) is 23.2 Å². The highest BCUT2D eigenvalue weighted by molar-refractivity contribution is 8.02. The Balaban J connectivity index is 1.45. The largest absolute Gasteiger partial charge is 0.493 e.